The molecule has 13 heavy (non-hydrogen) atoms. The smallest absolute Gasteiger partial charge is 0.210 e. The van der Waals surface area contributed by atoms with Gasteiger partial charge in [0.05, 0.1) is 5.75 Å². The Bertz CT molecular complexity index is 361. The van der Waals surface area contributed by atoms with E-state index in [2.05, 4.69) is 0 Å². The van der Waals surface area contributed by atoms with Crippen molar-refractivity contribution in [3.05, 3.63) is 35.9 Å². The van der Waals surface area contributed by atoms with Crippen LogP contribution in [-0.2, 0) is 10.0 Å². The molecule has 72 valence electrons. The number of hydrogen-bond acceptors (Lipinski definition) is 3. The number of hydrogen-bond donors (Lipinski definition) is 2. The van der Waals surface area contributed by atoms with Crippen molar-refractivity contribution >= 4 is 10.0 Å². The van der Waals surface area contributed by atoms with E-state index in [0.29, 0.717) is 0 Å². The molecule has 1 aromatic carbocycles. The summed E-state index contributed by atoms with van der Waals surface area (Å²) in [6, 6.07) is 8.45. The summed E-state index contributed by atoms with van der Waals surface area (Å²) in [6.07, 6.45) is 0. The number of benzene rings is 1. The van der Waals surface area contributed by atoms with Crippen LogP contribution in [0.15, 0.2) is 30.3 Å². The van der Waals surface area contributed by atoms with Crippen LogP contribution in [0.3, 0.4) is 0 Å². The maximum absolute atomic E-state index is 10.7. The van der Waals surface area contributed by atoms with Crippen LogP contribution in [0.5, 0.6) is 0 Å². The lowest BCUT2D eigenvalue weighted by atomic mass is 10.1. The van der Waals surface area contributed by atoms with E-state index in [1.54, 1.807) is 24.3 Å². The Labute approximate surface area is 77.6 Å². The first-order valence-electron chi connectivity index (χ1n) is 3.80. The summed E-state index contributed by atoms with van der Waals surface area (Å²) in [5.41, 5.74) is 6.40. The first-order chi connectivity index (χ1) is 5.99. The van der Waals surface area contributed by atoms with Crippen molar-refractivity contribution in [2.45, 2.75) is 6.04 Å². The zero-order valence-corrected chi connectivity index (χ0v) is 7.87. The van der Waals surface area contributed by atoms with Gasteiger partial charge < -0.3 is 5.73 Å². The monoisotopic (exact) mass is 200 g/mol. The van der Waals surface area contributed by atoms with Gasteiger partial charge in [0.25, 0.3) is 0 Å². The third-order valence-electron chi connectivity index (χ3n) is 1.64. The molecule has 4 N–H and O–H groups in total. The minimum Gasteiger partial charge on any atom is -0.323 e. The van der Waals surface area contributed by atoms with Gasteiger partial charge in [-0.2, -0.15) is 0 Å². The van der Waals surface area contributed by atoms with E-state index in [9.17, 15) is 8.42 Å². The molecule has 0 aromatic heterocycles. The van der Waals surface area contributed by atoms with Crippen LogP contribution >= 0.6 is 0 Å². The van der Waals surface area contributed by atoms with E-state index in [1.165, 1.54) is 0 Å². The highest BCUT2D eigenvalue weighted by Crippen LogP contribution is 2.10. The molecule has 1 atom stereocenters. The predicted octanol–water partition coefficient (Wildman–Crippen LogP) is -0.0251. The van der Waals surface area contributed by atoms with Crippen LogP contribution in [-0.4, -0.2) is 14.2 Å². The van der Waals surface area contributed by atoms with E-state index in [4.69, 9.17) is 10.9 Å². The Morgan fingerprint density at radius 2 is 1.77 bits per heavy atom. The summed E-state index contributed by atoms with van der Waals surface area (Å²) in [5.74, 6) is -0.225. The van der Waals surface area contributed by atoms with Crippen molar-refractivity contribution in [2.24, 2.45) is 10.9 Å². The highest BCUT2D eigenvalue weighted by Gasteiger charge is 2.12. The summed E-state index contributed by atoms with van der Waals surface area (Å²) in [4.78, 5) is 0. The van der Waals surface area contributed by atoms with E-state index < -0.39 is 16.1 Å². The summed E-state index contributed by atoms with van der Waals surface area (Å²) >= 11 is 0. The Morgan fingerprint density at radius 1 is 1.23 bits per heavy atom. The van der Waals surface area contributed by atoms with Crippen LogP contribution in [0.1, 0.15) is 11.6 Å². The quantitative estimate of drug-likeness (QED) is 0.718. The van der Waals surface area contributed by atoms with Gasteiger partial charge in [0.15, 0.2) is 0 Å². The van der Waals surface area contributed by atoms with Crippen LogP contribution in [0.4, 0.5) is 0 Å². The third-order valence-corrected chi connectivity index (χ3v) is 2.46. The molecule has 0 unspecified atom stereocenters. The van der Waals surface area contributed by atoms with E-state index in [-0.39, 0.29) is 5.75 Å². The lowest BCUT2D eigenvalue weighted by Crippen LogP contribution is -2.26. The first-order valence-corrected chi connectivity index (χ1v) is 5.51. The number of nitrogens with two attached hydrogens (primary N) is 2. The molecule has 5 heteroatoms. The van der Waals surface area contributed by atoms with E-state index in [1.807, 2.05) is 6.07 Å². The maximum Gasteiger partial charge on any atom is 0.210 e. The van der Waals surface area contributed by atoms with Crippen molar-refractivity contribution in [3.63, 3.8) is 0 Å². The molecule has 0 heterocycles. The van der Waals surface area contributed by atoms with Gasteiger partial charge in [-0.15, -0.1) is 0 Å². The van der Waals surface area contributed by atoms with E-state index in [0.717, 1.165) is 5.56 Å². The fourth-order valence-electron chi connectivity index (χ4n) is 1.05. The fourth-order valence-corrected chi connectivity index (χ4v) is 1.74. The SMILES string of the molecule is N[C@H](CS(N)(=O)=O)c1ccccc1. The van der Waals surface area contributed by atoms with Crippen LogP contribution in [0.2, 0.25) is 0 Å². The van der Waals surface area contributed by atoms with Crippen LogP contribution < -0.4 is 10.9 Å². The molecule has 0 spiro atoms. The number of rotatable bonds is 3. The second-order valence-corrected chi connectivity index (χ2v) is 4.51. The summed E-state index contributed by atoms with van der Waals surface area (Å²) in [7, 11) is -3.50. The highest BCUT2D eigenvalue weighted by molar-refractivity contribution is 7.89. The molecular weight excluding hydrogens is 188 g/mol. The van der Waals surface area contributed by atoms with Crippen molar-refractivity contribution < 1.29 is 8.42 Å². The predicted molar refractivity (Wildman–Crippen MR) is 51.3 cm³/mol. The second-order valence-electron chi connectivity index (χ2n) is 2.85. The Balaban J connectivity index is 2.76. The van der Waals surface area contributed by atoms with Crippen LogP contribution in [0, 0.1) is 0 Å². The third kappa shape index (κ3) is 3.54. The maximum atomic E-state index is 10.7. The molecule has 1 aromatic rings. The van der Waals surface area contributed by atoms with Gasteiger partial charge in [0.1, 0.15) is 0 Å². The Hall–Kier alpha value is -0.910. The first kappa shape index (κ1) is 10.2. The standard InChI is InChI=1S/C8H12N2O2S/c9-8(6-13(10,11)12)7-4-2-1-3-5-7/h1-5,8H,6,9H2,(H2,10,11,12)/t8-/m1/s1. The van der Waals surface area contributed by atoms with Gasteiger partial charge in [-0.05, 0) is 5.56 Å². The minimum absolute atomic E-state index is 0.225. The lowest BCUT2D eigenvalue weighted by molar-refractivity contribution is 0.590. The van der Waals surface area contributed by atoms with Crippen molar-refractivity contribution in [3.8, 4) is 0 Å². The fraction of sp³-hybridized carbons (Fsp3) is 0.250. The van der Waals surface area contributed by atoms with Crippen molar-refractivity contribution in [1.82, 2.24) is 0 Å². The Kier molecular flexibility index (Phi) is 3.02. The molecule has 0 aliphatic carbocycles. The zero-order chi connectivity index (χ0) is 9.90. The van der Waals surface area contributed by atoms with Gasteiger partial charge in [0, 0.05) is 6.04 Å². The van der Waals surface area contributed by atoms with Crippen LogP contribution in [0.25, 0.3) is 0 Å². The van der Waals surface area contributed by atoms with Crippen molar-refractivity contribution in [1.29, 1.82) is 0 Å². The summed E-state index contributed by atoms with van der Waals surface area (Å²) in [6.45, 7) is 0. The average Bonchev–Trinajstić information content (AvgIpc) is 2.03. The topological polar surface area (TPSA) is 86.2 Å². The largest absolute Gasteiger partial charge is 0.323 e. The number of sulfonamides is 1. The lowest BCUT2D eigenvalue weighted by Gasteiger charge is -2.09. The summed E-state index contributed by atoms with van der Waals surface area (Å²) < 4.78 is 21.4. The molecule has 0 saturated heterocycles. The molecule has 0 radical (unpaired) electrons. The van der Waals surface area contributed by atoms with Gasteiger partial charge >= 0.3 is 0 Å². The van der Waals surface area contributed by atoms with Crippen molar-refractivity contribution in [2.75, 3.05) is 5.75 Å². The summed E-state index contributed by atoms with van der Waals surface area (Å²) in [5, 5.41) is 4.87. The average molecular weight is 200 g/mol. The molecule has 0 aliphatic rings. The van der Waals surface area contributed by atoms with Gasteiger partial charge in [-0.25, -0.2) is 13.6 Å². The molecule has 0 fully saturated rings. The van der Waals surface area contributed by atoms with Gasteiger partial charge in [-0.1, -0.05) is 30.3 Å². The van der Waals surface area contributed by atoms with E-state index >= 15 is 0 Å². The Morgan fingerprint density at radius 3 is 2.23 bits per heavy atom. The molecular formula is C8H12N2O2S. The minimum atomic E-state index is -3.50. The molecule has 0 bridgehead atoms. The number of primary sulfonamides is 1. The normalized spacial score (nSPS) is 14.0. The van der Waals surface area contributed by atoms with Gasteiger partial charge in [0.2, 0.25) is 10.0 Å². The van der Waals surface area contributed by atoms with Gasteiger partial charge in [-0.3, -0.25) is 0 Å². The highest BCUT2D eigenvalue weighted by atomic mass is 32.2. The zero-order valence-electron chi connectivity index (χ0n) is 7.05. The molecule has 4 nitrogen and oxygen atoms in total. The molecule has 0 amide bonds. The molecule has 0 saturated carbocycles. The second kappa shape index (κ2) is 3.87. The molecule has 1 rings (SSSR count). The molecule has 0 aliphatic heterocycles.